The van der Waals surface area contributed by atoms with Crippen LogP contribution in [0.5, 0.6) is 0 Å². The van der Waals surface area contributed by atoms with Gasteiger partial charge in [0, 0.05) is 27.6 Å². The van der Waals surface area contributed by atoms with Gasteiger partial charge in [0.05, 0.1) is 10.9 Å². The lowest BCUT2D eigenvalue weighted by atomic mass is 10.1. The highest BCUT2D eigenvalue weighted by atomic mass is 35.5. The monoisotopic (exact) mass is 450 g/mol. The molecule has 1 heterocycles. The highest BCUT2D eigenvalue weighted by Gasteiger charge is 2.40. The van der Waals surface area contributed by atoms with Gasteiger partial charge in [-0.1, -0.05) is 29.8 Å². The lowest BCUT2D eigenvalue weighted by Gasteiger charge is -2.15. The van der Waals surface area contributed by atoms with Crippen LogP contribution in [0.3, 0.4) is 0 Å². The van der Waals surface area contributed by atoms with E-state index in [1.54, 1.807) is 42.5 Å². The van der Waals surface area contributed by atoms with E-state index in [4.69, 9.17) is 11.6 Å². The zero-order chi connectivity index (χ0) is 22.0. The number of aryl methyl sites for hydroxylation is 1. The van der Waals surface area contributed by atoms with Gasteiger partial charge >= 0.3 is 0 Å². The Balaban J connectivity index is 1.41. The van der Waals surface area contributed by atoms with Crippen molar-refractivity contribution in [1.29, 1.82) is 0 Å². The third kappa shape index (κ3) is 4.65. The van der Waals surface area contributed by atoms with Crippen LogP contribution < -0.4 is 10.2 Å². The second-order valence-electron chi connectivity index (χ2n) is 7.15. The highest BCUT2D eigenvalue weighted by molar-refractivity contribution is 8.00. The molecule has 1 aliphatic rings. The number of nitrogens with one attached hydrogen (secondary N) is 1. The van der Waals surface area contributed by atoms with Crippen molar-refractivity contribution in [3.8, 4) is 0 Å². The molecule has 4 rings (SSSR count). The number of carbonyl (C=O) groups is 3. The lowest BCUT2D eigenvalue weighted by Crippen LogP contribution is -2.31. The summed E-state index contributed by atoms with van der Waals surface area (Å²) in [5.41, 5.74) is 2.71. The standard InChI is InChI=1S/C24H19ClN2O3S/c1-15-4-2-3-5-20(15)23(29)26-17-8-12-19(13-9-17)31-21-14-22(28)27(24(21)30)18-10-6-16(25)7-11-18/h2-13,21H,14H2,1H3,(H,26,29). The fourth-order valence-corrected chi connectivity index (χ4v) is 4.54. The summed E-state index contributed by atoms with van der Waals surface area (Å²) in [5, 5.41) is 2.94. The number of hydrogen-bond donors (Lipinski definition) is 1. The minimum Gasteiger partial charge on any atom is -0.322 e. The predicted octanol–water partition coefficient (Wildman–Crippen LogP) is 5.32. The van der Waals surface area contributed by atoms with Crippen LogP contribution in [0.4, 0.5) is 11.4 Å². The molecule has 0 radical (unpaired) electrons. The molecule has 1 atom stereocenters. The van der Waals surface area contributed by atoms with Crippen molar-refractivity contribution >= 4 is 52.5 Å². The molecule has 3 amide bonds. The summed E-state index contributed by atoms with van der Waals surface area (Å²) in [5.74, 6) is -0.644. The molecule has 1 saturated heterocycles. The molecular formula is C24H19ClN2O3S. The van der Waals surface area contributed by atoms with Gasteiger partial charge in [-0.2, -0.15) is 0 Å². The average molecular weight is 451 g/mol. The van der Waals surface area contributed by atoms with E-state index in [1.807, 2.05) is 37.3 Å². The van der Waals surface area contributed by atoms with Crippen LogP contribution in [-0.4, -0.2) is 23.0 Å². The van der Waals surface area contributed by atoms with Crippen LogP contribution in [0.1, 0.15) is 22.3 Å². The number of benzene rings is 3. The molecule has 0 aromatic heterocycles. The van der Waals surface area contributed by atoms with Crippen LogP contribution in [-0.2, 0) is 9.59 Å². The van der Waals surface area contributed by atoms with Crippen LogP contribution in [0, 0.1) is 6.92 Å². The fraction of sp³-hybridized carbons (Fsp3) is 0.125. The number of halogens is 1. The minimum atomic E-state index is -0.490. The van der Waals surface area contributed by atoms with E-state index in [-0.39, 0.29) is 24.1 Å². The maximum absolute atomic E-state index is 12.8. The van der Waals surface area contributed by atoms with Crippen molar-refractivity contribution in [2.75, 3.05) is 10.2 Å². The van der Waals surface area contributed by atoms with E-state index in [9.17, 15) is 14.4 Å². The largest absolute Gasteiger partial charge is 0.322 e. The Kier molecular flexibility index (Phi) is 6.11. The summed E-state index contributed by atoms with van der Waals surface area (Å²) < 4.78 is 0. The lowest BCUT2D eigenvalue weighted by molar-refractivity contribution is -0.121. The van der Waals surface area contributed by atoms with Crippen molar-refractivity contribution < 1.29 is 14.4 Å². The Morgan fingerprint density at radius 1 is 1.00 bits per heavy atom. The number of thioether (sulfide) groups is 1. The third-order valence-corrected chi connectivity index (χ3v) is 6.42. The Morgan fingerprint density at radius 3 is 2.35 bits per heavy atom. The van der Waals surface area contributed by atoms with E-state index < -0.39 is 5.25 Å². The Morgan fingerprint density at radius 2 is 1.68 bits per heavy atom. The Hall–Kier alpha value is -3.09. The number of anilines is 2. The molecule has 1 unspecified atom stereocenters. The van der Waals surface area contributed by atoms with E-state index in [0.29, 0.717) is 22.0 Å². The number of imide groups is 1. The van der Waals surface area contributed by atoms with Crippen molar-refractivity contribution in [3.63, 3.8) is 0 Å². The van der Waals surface area contributed by atoms with Crippen LogP contribution in [0.15, 0.2) is 77.7 Å². The number of hydrogen-bond acceptors (Lipinski definition) is 4. The average Bonchev–Trinajstić information content (AvgIpc) is 3.03. The molecule has 0 saturated carbocycles. The molecule has 0 spiro atoms. The number of nitrogens with zero attached hydrogens (tertiary/aromatic N) is 1. The van der Waals surface area contributed by atoms with Gasteiger partial charge in [-0.3, -0.25) is 14.4 Å². The van der Waals surface area contributed by atoms with Gasteiger partial charge in [-0.25, -0.2) is 4.90 Å². The number of rotatable bonds is 5. The van der Waals surface area contributed by atoms with E-state index in [1.165, 1.54) is 16.7 Å². The van der Waals surface area contributed by atoms with Crippen LogP contribution in [0.2, 0.25) is 5.02 Å². The van der Waals surface area contributed by atoms with Crippen LogP contribution >= 0.6 is 23.4 Å². The van der Waals surface area contributed by atoms with Crippen molar-refractivity contribution in [1.82, 2.24) is 0 Å². The van der Waals surface area contributed by atoms with Gasteiger partial charge in [0.2, 0.25) is 11.8 Å². The molecule has 1 fully saturated rings. The highest BCUT2D eigenvalue weighted by Crippen LogP contribution is 2.34. The molecule has 0 bridgehead atoms. The summed E-state index contributed by atoms with van der Waals surface area (Å²) in [7, 11) is 0. The summed E-state index contributed by atoms with van der Waals surface area (Å²) in [6.45, 7) is 1.89. The smallest absolute Gasteiger partial charge is 0.255 e. The first kappa shape index (κ1) is 21.2. The Labute approximate surface area is 189 Å². The first-order valence-corrected chi connectivity index (χ1v) is 10.9. The Bertz CT molecular complexity index is 1150. The molecule has 31 heavy (non-hydrogen) atoms. The van der Waals surface area contributed by atoms with E-state index in [2.05, 4.69) is 5.32 Å². The van der Waals surface area contributed by atoms with Gasteiger partial charge in [-0.15, -0.1) is 11.8 Å². The summed E-state index contributed by atoms with van der Waals surface area (Å²) in [6, 6.07) is 21.3. The van der Waals surface area contributed by atoms with E-state index in [0.717, 1.165) is 10.5 Å². The quantitative estimate of drug-likeness (QED) is 0.534. The van der Waals surface area contributed by atoms with Gasteiger partial charge in [0.15, 0.2) is 0 Å². The minimum absolute atomic E-state index is 0.137. The first-order valence-electron chi connectivity index (χ1n) is 9.68. The second kappa shape index (κ2) is 8.96. The van der Waals surface area contributed by atoms with Gasteiger partial charge < -0.3 is 5.32 Å². The van der Waals surface area contributed by atoms with Crippen LogP contribution in [0.25, 0.3) is 0 Å². The summed E-state index contributed by atoms with van der Waals surface area (Å²) in [6.07, 6.45) is 0.137. The molecular weight excluding hydrogens is 432 g/mol. The molecule has 3 aromatic carbocycles. The third-order valence-electron chi connectivity index (χ3n) is 4.97. The maximum atomic E-state index is 12.8. The van der Waals surface area contributed by atoms with Gasteiger partial charge in [-0.05, 0) is 67.1 Å². The molecule has 1 aliphatic heterocycles. The summed E-state index contributed by atoms with van der Waals surface area (Å²) in [4.78, 5) is 39.7. The zero-order valence-corrected chi connectivity index (χ0v) is 18.2. The number of amides is 3. The molecule has 7 heteroatoms. The summed E-state index contributed by atoms with van der Waals surface area (Å²) >= 11 is 7.24. The first-order chi connectivity index (χ1) is 14.9. The zero-order valence-electron chi connectivity index (χ0n) is 16.7. The van der Waals surface area contributed by atoms with Gasteiger partial charge in [0.1, 0.15) is 0 Å². The fourth-order valence-electron chi connectivity index (χ4n) is 3.36. The molecule has 156 valence electrons. The SMILES string of the molecule is Cc1ccccc1C(=O)Nc1ccc(SC2CC(=O)N(c3ccc(Cl)cc3)C2=O)cc1. The van der Waals surface area contributed by atoms with Crippen molar-refractivity contribution in [2.24, 2.45) is 0 Å². The molecule has 3 aromatic rings. The number of carbonyl (C=O) groups excluding carboxylic acids is 3. The molecule has 5 nitrogen and oxygen atoms in total. The topological polar surface area (TPSA) is 66.5 Å². The van der Waals surface area contributed by atoms with Gasteiger partial charge in [0.25, 0.3) is 5.91 Å². The molecule has 1 N–H and O–H groups in total. The van der Waals surface area contributed by atoms with E-state index >= 15 is 0 Å². The van der Waals surface area contributed by atoms with Crippen molar-refractivity contribution in [2.45, 2.75) is 23.5 Å². The molecule has 0 aliphatic carbocycles. The normalized spacial score (nSPS) is 15.9. The van der Waals surface area contributed by atoms with Crippen molar-refractivity contribution in [3.05, 3.63) is 88.9 Å². The second-order valence-corrected chi connectivity index (χ2v) is 8.86. The maximum Gasteiger partial charge on any atom is 0.255 e. The predicted molar refractivity (Wildman–Crippen MR) is 124 cm³/mol.